The van der Waals surface area contributed by atoms with E-state index in [9.17, 15) is 29.6 Å². The number of nitro benzene ring substituents is 1. The molecule has 1 aliphatic heterocycles. The molecule has 2 amide bonds. The Hall–Kier alpha value is -2.77. The van der Waals surface area contributed by atoms with Crippen LogP contribution < -0.4 is 10.0 Å². The van der Waals surface area contributed by atoms with Crippen molar-refractivity contribution >= 4 is 29.2 Å². The first-order valence-corrected chi connectivity index (χ1v) is 7.77. The van der Waals surface area contributed by atoms with Crippen LogP contribution in [0.2, 0.25) is 0 Å². The second-order valence-electron chi connectivity index (χ2n) is 6.64. The third-order valence-corrected chi connectivity index (χ3v) is 5.58. The second kappa shape index (κ2) is 4.86. The molecule has 1 aromatic carbocycles. The molecule has 0 radical (unpaired) electrons. The molecule has 8 heteroatoms. The lowest BCUT2D eigenvalue weighted by Gasteiger charge is -2.20. The lowest BCUT2D eigenvalue weighted by Crippen LogP contribution is -2.35. The number of fused-ring (bicyclic) bond motifs is 5. The second-order valence-corrected chi connectivity index (χ2v) is 6.64. The molecule has 0 N–H and O–H groups in total. The van der Waals surface area contributed by atoms with E-state index in [-0.39, 0.29) is 23.2 Å². The van der Waals surface area contributed by atoms with E-state index in [0.29, 0.717) is 0 Å². The van der Waals surface area contributed by atoms with E-state index >= 15 is 0 Å². The number of rotatable bonds is 3. The fourth-order valence-corrected chi connectivity index (χ4v) is 4.64. The van der Waals surface area contributed by atoms with Gasteiger partial charge < -0.3 is 9.90 Å². The summed E-state index contributed by atoms with van der Waals surface area (Å²) in [4.78, 5) is 48.0. The van der Waals surface area contributed by atoms with E-state index in [0.717, 1.165) is 42.4 Å². The van der Waals surface area contributed by atoms with Gasteiger partial charge in [-0.3, -0.25) is 19.7 Å². The van der Waals surface area contributed by atoms with E-state index in [1.807, 2.05) is 0 Å². The number of nitro groups is 1. The molecule has 4 rings (SSSR count). The van der Waals surface area contributed by atoms with Crippen LogP contribution in [0.5, 0.6) is 0 Å². The van der Waals surface area contributed by atoms with Crippen LogP contribution in [0.15, 0.2) is 18.2 Å². The van der Waals surface area contributed by atoms with Gasteiger partial charge in [0.2, 0.25) is 11.8 Å². The average Bonchev–Trinajstić information content (AvgIpc) is 3.20. The molecule has 3 aliphatic rings. The van der Waals surface area contributed by atoms with Crippen molar-refractivity contribution in [1.82, 2.24) is 0 Å². The van der Waals surface area contributed by atoms with Gasteiger partial charge in [0, 0.05) is 17.7 Å². The summed E-state index contributed by atoms with van der Waals surface area (Å²) in [6.07, 6.45) is 2.63. The smallest absolute Gasteiger partial charge is 0.271 e. The summed E-state index contributed by atoms with van der Waals surface area (Å²) in [6.45, 7) is 0. The predicted molar refractivity (Wildman–Crippen MR) is 77.7 cm³/mol. The monoisotopic (exact) mass is 329 g/mol. The number of nitrogens with zero attached hydrogens (tertiary/aromatic N) is 2. The van der Waals surface area contributed by atoms with Gasteiger partial charge in [-0.2, -0.15) is 0 Å². The largest absolute Gasteiger partial charge is 0.545 e. The van der Waals surface area contributed by atoms with Crippen molar-refractivity contribution in [3.8, 4) is 0 Å². The molecular formula is C16H13N2O6-. The molecule has 2 bridgehead atoms. The van der Waals surface area contributed by atoms with Crippen molar-refractivity contribution in [2.75, 3.05) is 4.90 Å². The maximum Gasteiger partial charge on any atom is 0.271 e. The van der Waals surface area contributed by atoms with Gasteiger partial charge in [0.25, 0.3) is 5.69 Å². The maximum absolute atomic E-state index is 12.8. The van der Waals surface area contributed by atoms with Crippen LogP contribution in [0.3, 0.4) is 0 Å². The zero-order chi connectivity index (χ0) is 17.2. The standard InChI is InChI=1S/C16H14N2O6/c19-14-12-7-1-2-8(5-7)13(12)15(20)17(14)11-6-9(18(23)24)3-4-10(11)16(21)22/h3-4,6-8,12-13H,1-2,5H2,(H,21,22)/p-1/t7-,8+,12+,13-. The van der Waals surface area contributed by atoms with Crippen molar-refractivity contribution in [2.45, 2.75) is 19.3 Å². The van der Waals surface area contributed by atoms with Crippen molar-refractivity contribution in [2.24, 2.45) is 23.7 Å². The summed E-state index contributed by atoms with van der Waals surface area (Å²) in [5.41, 5.74) is -1.03. The number of aromatic carboxylic acids is 1. The normalized spacial score (nSPS) is 30.8. The Morgan fingerprint density at radius 2 is 1.71 bits per heavy atom. The van der Waals surface area contributed by atoms with Gasteiger partial charge in [-0.05, 0) is 37.2 Å². The highest BCUT2D eigenvalue weighted by atomic mass is 16.6. The summed E-state index contributed by atoms with van der Waals surface area (Å²) in [5.74, 6) is -3.03. The molecule has 8 nitrogen and oxygen atoms in total. The number of carboxylic acid groups (broad SMARTS) is 1. The number of benzene rings is 1. The maximum atomic E-state index is 12.8. The molecule has 1 heterocycles. The first-order chi connectivity index (χ1) is 11.4. The summed E-state index contributed by atoms with van der Waals surface area (Å²) in [5, 5.41) is 22.3. The van der Waals surface area contributed by atoms with Crippen LogP contribution in [0.1, 0.15) is 29.6 Å². The highest BCUT2D eigenvalue weighted by Crippen LogP contribution is 2.56. The summed E-state index contributed by atoms with van der Waals surface area (Å²) in [7, 11) is 0. The number of imide groups is 1. The summed E-state index contributed by atoms with van der Waals surface area (Å²) < 4.78 is 0. The van der Waals surface area contributed by atoms with Crippen molar-refractivity contribution in [1.29, 1.82) is 0 Å². The molecule has 24 heavy (non-hydrogen) atoms. The Morgan fingerprint density at radius 3 is 2.21 bits per heavy atom. The Morgan fingerprint density at radius 1 is 1.12 bits per heavy atom. The Labute approximate surface area is 136 Å². The molecule has 0 unspecified atom stereocenters. The minimum Gasteiger partial charge on any atom is -0.545 e. The first-order valence-electron chi connectivity index (χ1n) is 7.77. The van der Waals surface area contributed by atoms with Gasteiger partial charge in [-0.25, -0.2) is 4.90 Å². The zero-order valence-corrected chi connectivity index (χ0v) is 12.5. The topological polar surface area (TPSA) is 121 Å². The van der Waals surface area contributed by atoms with Gasteiger partial charge in [0.05, 0.1) is 28.4 Å². The molecule has 124 valence electrons. The highest BCUT2D eigenvalue weighted by molar-refractivity contribution is 6.24. The Bertz CT molecular complexity index is 776. The number of carbonyl (C=O) groups is 3. The minimum absolute atomic E-state index is 0.145. The third-order valence-electron chi connectivity index (χ3n) is 5.58. The SMILES string of the molecule is O=C([O-])c1ccc([N+](=O)[O-])cc1N1C(=O)[C@@H]2[C@H]3CC[C@H](C3)[C@@H]2C1=O. The van der Waals surface area contributed by atoms with Crippen molar-refractivity contribution < 1.29 is 24.4 Å². The number of carboxylic acids is 1. The van der Waals surface area contributed by atoms with Crippen LogP contribution >= 0.6 is 0 Å². The number of anilines is 1. The molecular weight excluding hydrogens is 316 g/mol. The number of hydrogen-bond acceptors (Lipinski definition) is 6. The van der Waals surface area contributed by atoms with Crippen molar-refractivity contribution in [3.63, 3.8) is 0 Å². The van der Waals surface area contributed by atoms with E-state index in [1.54, 1.807) is 0 Å². The zero-order valence-electron chi connectivity index (χ0n) is 12.5. The molecule has 0 aromatic heterocycles. The van der Waals surface area contributed by atoms with E-state index in [2.05, 4.69) is 0 Å². The fourth-order valence-electron chi connectivity index (χ4n) is 4.64. The number of amides is 2. The average molecular weight is 329 g/mol. The number of non-ortho nitro benzene ring substituents is 1. The van der Waals surface area contributed by atoms with Crippen LogP contribution in [0.4, 0.5) is 11.4 Å². The Balaban J connectivity index is 1.82. The van der Waals surface area contributed by atoms with Crippen LogP contribution in [0, 0.1) is 33.8 Å². The summed E-state index contributed by atoms with van der Waals surface area (Å²) >= 11 is 0. The third kappa shape index (κ3) is 1.82. The lowest BCUT2D eigenvalue weighted by molar-refractivity contribution is -0.384. The van der Waals surface area contributed by atoms with E-state index in [1.165, 1.54) is 0 Å². The van der Waals surface area contributed by atoms with Gasteiger partial charge in [0.1, 0.15) is 0 Å². The Kier molecular flexibility index (Phi) is 3.00. The molecule has 1 aromatic rings. The first kappa shape index (κ1) is 14.8. The predicted octanol–water partition coefficient (Wildman–Crippen LogP) is 0.494. The molecule has 2 aliphatic carbocycles. The quantitative estimate of drug-likeness (QED) is 0.452. The molecule has 1 saturated heterocycles. The fraction of sp³-hybridized carbons (Fsp3) is 0.438. The van der Waals surface area contributed by atoms with Gasteiger partial charge in [-0.1, -0.05) is 0 Å². The highest BCUT2D eigenvalue weighted by Gasteiger charge is 2.61. The molecule has 4 atom stereocenters. The van der Waals surface area contributed by atoms with Gasteiger partial charge in [-0.15, -0.1) is 0 Å². The number of carbonyl (C=O) groups excluding carboxylic acids is 3. The number of hydrogen-bond donors (Lipinski definition) is 0. The van der Waals surface area contributed by atoms with E-state index < -0.39 is 40.1 Å². The lowest BCUT2D eigenvalue weighted by atomic mass is 9.81. The van der Waals surface area contributed by atoms with Crippen molar-refractivity contribution in [3.05, 3.63) is 33.9 Å². The van der Waals surface area contributed by atoms with Gasteiger partial charge in [0.15, 0.2) is 0 Å². The minimum atomic E-state index is -1.58. The van der Waals surface area contributed by atoms with E-state index in [4.69, 9.17) is 0 Å². The molecule has 0 spiro atoms. The summed E-state index contributed by atoms with van der Waals surface area (Å²) in [6, 6.07) is 2.99. The molecule has 2 saturated carbocycles. The van der Waals surface area contributed by atoms with Crippen LogP contribution in [-0.2, 0) is 9.59 Å². The molecule has 3 fully saturated rings. The van der Waals surface area contributed by atoms with Crippen LogP contribution in [-0.4, -0.2) is 22.7 Å². The van der Waals surface area contributed by atoms with Crippen LogP contribution in [0.25, 0.3) is 0 Å². The van der Waals surface area contributed by atoms with Gasteiger partial charge >= 0.3 is 0 Å².